The SMILES string of the molecule is Cc1nsc(-c2ccc3c(-c4nc(NC5CCCC5)ncc4C(F)(F)F)cn(COCC[Si](C)(C)C)c3n2)n1. The molecule has 1 N–H and O–H groups in total. The highest BCUT2D eigenvalue weighted by molar-refractivity contribution is 7.09. The summed E-state index contributed by atoms with van der Waals surface area (Å²) in [5, 5.41) is 4.42. The van der Waals surface area contributed by atoms with E-state index in [0.717, 1.165) is 37.9 Å². The summed E-state index contributed by atoms with van der Waals surface area (Å²) in [5.74, 6) is 0.840. The molecule has 0 aromatic carbocycles. The molecule has 0 aliphatic heterocycles. The molecule has 208 valence electrons. The van der Waals surface area contributed by atoms with Crippen LogP contribution in [-0.4, -0.2) is 49.6 Å². The van der Waals surface area contributed by atoms with Crippen LogP contribution in [0.5, 0.6) is 0 Å². The summed E-state index contributed by atoms with van der Waals surface area (Å²) in [6.07, 6.45) is 1.96. The van der Waals surface area contributed by atoms with Gasteiger partial charge in [-0.3, -0.25) is 0 Å². The summed E-state index contributed by atoms with van der Waals surface area (Å²) in [6, 6.07) is 4.67. The summed E-state index contributed by atoms with van der Waals surface area (Å²) in [4.78, 5) is 17.6. The first-order valence-corrected chi connectivity index (χ1v) is 17.6. The monoisotopic (exact) mass is 575 g/mol. The van der Waals surface area contributed by atoms with Crippen LogP contribution >= 0.6 is 11.5 Å². The Morgan fingerprint density at radius 3 is 2.56 bits per heavy atom. The van der Waals surface area contributed by atoms with Crippen LogP contribution in [-0.2, 0) is 17.6 Å². The fourth-order valence-corrected chi connectivity index (χ4v) is 6.03. The van der Waals surface area contributed by atoms with Gasteiger partial charge in [0, 0.05) is 44.1 Å². The number of aromatic nitrogens is 6. The molecule has 1 fully saturated rings. The lowest BCUT2D eigenvalue weighted by Crippen LogP contribution is -2.22. The van der Waals surface area contributed by atoms with E-state index in [1.807, 2.05) is 0 Å². The normalized spacial score (nSPS) is 14.9. The second-order valence-electron chi connectivity index (χ2n) is 11.2. The molecule has 1 aliphatic rings. The molecule has 0 spiro atoms. The molecule has 0 atom stereocenters. The van der Waals surface area contributed by atoms with Crippen LogP contribution in [0.4, 0.5) is 19.1 Å². The Balaban J connectivity index is 1.59. The zero-order valence-electron chi connectivity index (χ0n) is 22.5. The van der Waals surface area contributed by atoms with Crippen molar-refractivity contribution in [2.45, 2.75) is 77.2 Å². The number of nitrogens with one attached hydrogen (secondary N) is 1. The lowest BCUT2D eigenvalue weighted by atomic mass is 10.1. The maximum atomic E-state index is 14.2. The van der Waals surface area contributed by atoms with Gasteiger partial charge in [0.1, 0.15) is 29.5 Å². The van der Waals surface area contributed by atoms with Gasteiger partial charge in [0.05, 0.1) is 5.69 Å². The number of ether oxygens (including phenoxy) is 1. The fraction of sp³-hybridized carbons (Fsp3) is 0.500. The predicted octanol–water partition coefficient (Wildman–Crippen LogP) is 7.01. The molecule has 8 nitrogen and oxygen atoms in total. The van der Waals surface area contributed by atoms with E-state index in [1.54, 1.807) is 29.8 Å². The first-order valence-electron chi connectivity index (χ1n) is 13.1. The zero-order valence-corrected chi connectivity index (χ0v) is 24.3. The molecule has 13 heteroatoms. The van der Waals surface area contributed by atoms with Gasteiger partial charge in [0.25, 0.3) is 0 Å². The standard InChI is InChI=1S/C26H32F3N7OSSi/c1-16-31-24(38-35-16)21-10-9-18-19(14-36(23(18)33-21)15-37-11-12-39(2,3)4)22-20(26(27,28)29)13-30-25(34-22)32-17-7-5-6-8-17/h9-10,13-14,17H,5-8,11-12,15H2,1-4H3,(H,30,32,34). The molecule has 0 radical (unpaired) electrons. The molecule has 4 aromatic rings. The van der Waals surface area contributed by atoms with E-state index in [2.05, 4.69) is 44.3 Å². The first kappa shape index (κ1) is 27.7. The Bertz CT molecular complexity index is 1460. The summed E-state index contributed by atoms with van der Waals surface area (Å²) >= 11 is 1.23. The fourth-order valence-electron chi connectivity index (χ4n) is 4.63. The number of fused-ring (bicyclic) bond motifs is 1. The van der Waals surface area contributed by atoms with Gasteiger partial charge in [-0.2, -0.15) is 17.5 Å². The Labute approximate surface area is 230 Å². The van der Waals surface area contributed by atoms with Crippen molar-refractivity contribution >= 4 is 36.6 Å². The summed E-state index contributed by atoms with van der Waals surface area (Å²) in [7, 11) is -1.31. The average molecular weight is 576 g/mol. The van der Waals surface area contributed by atoms with Gasteiger partial charge in [0.2, 0.25) is 5.95 Å². The molecule has 0 unspecified atom stereocenters. The van der Waals surface area contributed by atoms with E-state index >= 15 is 0 Å². The topological polar surface area (TPSA) is 90.6 Å². The third-order valence-corrected chi connectivity index (χ3v) is 9.27. The Hall–Kier alpha value is -2.90. The second kappa shape index (κ2) is 10.9. The van der Waals surface area contributed by atoms with Crippen molar-refractivity contribution in [1.82, 2.24) is 28.9 Å². The van der Waals surface area contributed by atoms with E-state index in [4.69, 9.17) is 9.72 Å². The Morgan fingerprint density at radius 2 is 1.90 bits per heavy atom. The van der Waals surface area contributed by atoms with Gasteiger partial charge in [-0.05, 0) is 49.5 Å². The van der Waals surface area contributed by atoms with Crippen LogP contribution in [0.2, 0.25) is 25.7 Å². The average Bonchev–Trinajstić information content (AvgIpc) is 3.61. The van der Waals surface area contributed by atoms with Crippen molar-refractivity contribution in [1.29, 1.82) is 0 Å². The maximum absolute atomic E-state index is 14.2. The van der Waals surface area contributed by atoms with E-state index < -0.39 is 19.8 Å². The lowest BCUT2D eigenvalue weighted by molar-refractivity contribution is -0.137. The van der Waals surface area contributed by atoms with E-state index in [0.29, 0.717) is 39.7 Å². The van der Waals surface area contributed by atoms with Crippen molar-refractivity contribution < 1.29 is 17.9 Å². The molecule has 0 bridgehead atoms. The number of aryl methyl sites for hydroxylation is 1. The molecular weight excluding hydrogens is 543 g/mol. The zero-order chi connectivity index (χ0) is 27.8. The minimum absolute atomic E-state index is 0.159. The van der Waals surface area contributed by atoms with Crippen molar-refractivity contribution in [2.24, 2.45) is 0 Å². The quantitative estimate of drug-likeness (QED) is 0.170. The molecular formula is C26H32F3N7OSSi. The summed E-state index contributed by atoms with van der Waals surface area (Å²) in [6.45, 7) is 9.33. The Kier molecular flexibility index (Phi) is 7.75. The van der Waals surface area contributed by atoms with Gasteiger partial charge in [-0.25, -0.2) is 19.9 Å². The van der Waals surface area contributed by atoms with Crippen molar-refractivity contribution in [3.8, 4) is 22.0 Å². The van der Waals surface area contributed by atoms with Crippen LogP contribution in [0.15, 0.2) is 24.5 Å². The number of alkyl halides is 3. The minimum Gasteiger partial charge on any atom is -0.361 e. The number of nitrogens with zero attached hydrogens (tertiary/aromatic N) is 6. The van der Waals surface area contributed by atoms with Crippen LogP contribution in [0.1, 0.15) is 37.1 Å². The molecule has 1 aliphatic carbocycles. The van der Waals surface area contributed by atoms with Gasteiger partial charge in [0.15, 0.2) is 5.01 Å². The smallest absolute Gasteiger partial charge is 0.361 e. The molecule has 4 heterocycles. The predicted molar refractivity (Wildman–Crippen MR) is 149 cm³/mol. The summed E-state index contributed by atoms with van der Waals surface area (Å²) < 4.78 is 54.5. The third-order valence-electron chi connectivity index (χ3n) is 6.73. The molecule has 39 heavy (non-hydrogen) atoms. The number of hydrogen-bond donors (Lipinski definition) is 1. The molecule has 0 saturated heterocycles. The van der Waals surface area contributed by atoms with Crippen LogP contribution in [0.25, 0.3) is 33.0 Å². The molecule has 4 aromatic heterocycles. The number of anilines is 1. The van der Waals surface area contributed by atoms with Gasteiger partial charge in [-0.1, -0.05) is 32.5 Å². The van der Waals surface area contributed by atoms with Crippen molar-refractivity contribution in [3.05, 3.63) is 35.9 Å². The van der Waals surface area contributed by atoms with E-state index in [1.165, 1.54) is 11.5 Å². The highest BCUT2D eigenvalue weighted by Gasteiger charge is 2.36. The first-order chi connectivity index (χ1) is 18.5. The van der Waals surface area contributed by atoms with Crippen LogP contribution < -0.4 is 5.32 Å². The largest absolute Gasteiger partial charge is 0.419 e. The van der Waals surface area contributed by atoms with Gasteiger partial charge < -0.3 is 14.6 Å². The van der Waals surface area contributed by atoms with Crippen LogP contribution in [0.3, 0.4) is 0 Å². The second-order valence-corrected chi connectivity index (χ2v) is 17.5. The van der Waals surface area contributed by atoms with Crippen molar-refractivity contribution in [3.63, 3.8) is 0 Å². The highest BCUT2D eigenvalue weighted by Crippen LogP contribution is 2.40. The van der Waals surface area contributed by atoms with Gasteiger partial charge >= 0.3 is 6.18 Å². The molecule has 5 rings (SSSR count). The van der Waals surface area contributed by atoms with Crippen molar-refractivity contribution in [2.75, 3.05) is 11.9 Å². The highest BCUT2D eigenvalue weighted by atomic mass is 32.1. The third kappa shape index (κ3) is 6.47. The summed E-state index contributed by atoms with van der Waals surface area (Å²) in [5.41, 5.74) is 0.367. The lowest BCUT2D eigenvalue weighted by Gasteiger charge is -2.16. The van der Waals surface area contributed by atoms with E-state index in [-0.39, 0.29) is 24.4 Å². The number of hydrogen-bond acceptors (Lipinski definition) is 8. The van der Waals surface area contributed by atoms with Gasteiger partial charge in [-0.15, -0.1) is 0 Å². The molecule has 0 amide bonds. The number of halogens is 3. The Morgan fingerprint density at radius 1 is 1.13 bits per heavy atom. The minimum atomic E-state index is -4.62. The number of pyridine rings is 1. The maximum Gasteiger partial charge on any atom is 0.419 e. The molecule has 1 saturated carbocycles. The van der Waals surface area contributed by atoms with E-state index in [9.17, 15) is 13.2 Å². The van der Waals surface area contributed by atoms with Crippen LogP contribution in [0, 0.1) is 6.92 Å². The number of rotatable bonds is 9.